The Kier molecular flexibility index (Phi) is 6.30. The van der Waals surface area contributed by atoms with E-state index >= 15 is 0 Å². The van der Waals surface area contributed by atoms with E-state index in [1.165, 1.54) is 25.2 Å². The van der Waals surface area contributed by atoms with Crippen LogP contribution >= 0.6 is 35.1 Å². The number of hydrogen-bond donors (Lipinski definition) is 0. The first-order valence-electron chi connectivity index (χ1n) is 8.05. The maximum absolute atomic E-state index is 6.01. The summed E-state index contributed by atoms with van der Waals surface area (Å²) in [6, 6.07) is 25.3. The van der Waals surface area contributed by atoms with Gasteiger partial charge in [0.25, 0.3) is 0 Å². The van der Waals surface area contributed by atoms with Crippen LogP contribution in [-0.4, -0.2) is 0 Å². The molecule has 0 fully saturated rings. The summed E-state index contributed by atoms with van der Waals surface area (Å²) in [5.74, 6) is 0. The highest BCUT2D eigenvalue weighted by Crippen LogP contribution is 2.40. The van der Waals surface area contributed by atoms with Crippen molar-refractivity contribution < 1.29 is 0 Å². The van der Waals surface area contributed by atoms with Gasteiger partial charge in [0, 0.05) is 14.8 Å². The van der Waals surface area contributed by atoms with Gasteiger partial charge in [-0.3, -0.25) is 0 Å². The molecular formula is C22H19ClS2. The summed E-state index contributed by atoms with van der Waals surface area (Å²) in [4.78, 5) is 2.48. The number of hydrogen-bond acceptors (Lipinski definition) is 2. The average Bonchev–Trinajstić information content (AvgIpc) is 2.61. The second-order valence-corrected chi connectivity index (χ2v) is 8.77. The lowest BCUT2D eigenvalue weighted by molar-refractivity contribution is 1.38. The van der Waals surface area contributed by atoms with Crippen LogP contribution in [0.15, 0.2) is 86.8 Å². The van der Waals surface area contributed by atoms with Crippen molar-refractivity contribution in [2.75, 3.05) is 0 Å². The number of aryl methyl sites for hydroxylation is 2. The Bertz CT molecular complexity index is 799. The maximum Gasteiger partial charge on any atom is 0.0504 e. The molecule has 25 heavy (non-hydrogen) atoms. The van der Waals surface area contributed by atoms with E-state index < -0.39 is 0 Å². The third-order valence-corrected chi connectivity index (χ3v) is 6.04. The molecule has 126 valence electrons. The fraction of sp³-hybridized carbons (Fsp3) is 0.0909. The van der Waals surface area contributed by atoms with Gasteiger partial charge < -0.3 is 0 Å². The smallest absolute Gasteiger partial charge is 0.0504 e. The van der Waals surface area contributed by atoms with Gasteiger partial charge in [-0.2, -0.15) is 0 Å². The molecule has 3 aromatic carbocycles. The zero-order valence-electron chi connectivity index (χ0n) is 14.2. The van der Waals surface area contributed by atoms with E-state index in [2.05, 4.69) is 68.5 Å². The molecule has 3 rings (SSSR count). The molecule has 0 N–H and O–H groups in total. The summed E-state index contributed by atoms with van der Waals surface area (Å²) in [5, 5.41) is 0.760. The fourth-order valence-electron chi connectivity index (χ4n) is 2.22. The molecule has 0 aliphatic heterocycles. The van der Waals surface area contributed by atoms with Gasteiger partial charge in [0.2, 0.25) is 0 Å². The monoisotopic (exact) mass is 382 g/mol. The molecule has 0 atom stereocenters. The molecule has 0 spiro atoms. The van der Waals surface area contributed by atoms with Crippen molar-refractivity contribution in [2.24, 2.45) is 0 Å². The van der Waals surface area contributed by atoms with Gasteiger partial charge in [0.15, 0.2) is 0 Å². The van der Waals surface area contributed by atoms with Gasteiger partial charge >= 0.3 is 0 Å². The topological polar surface area (TPSA) is 0 Å². The first-order valence-corrected chi connectivity index (χ1v) is 10.1. The van der Waals surface area contributed by atoms with Gasteiger partial charge in [-0.25, -0.2) is 0 Å². The molecule has 3 aromatic rings. The second kappa shape index (κ2) is 8.66. The lowest BCUT2D eigenvalue weighted by Crippen LogP contribution is -1.79. The van der Waals surface area contributed by atoms with Gasteiger partial charge in [-0.15, -0.1) is 0 Å². The largest absolute Gasteiger partial charge is 0.0843 e. The van der Waals surface area contributed by atoms with E-state index in [0.717, 1.165) is 10.6 Å². The minimum Gasteiger partial charge on any atom is -0.0843 e. The van der Waals surface area contributed by atoms with Crippen molar-refractivity contribution >= 4 is 41.2 Å². The van der Waals surface area contributed by atoms with E-state index in [9.17, 15) is 0 Å². The minimum atomic E-state index is 0.760. The first-order chi connectivity index (χ1) is 12.1. The molecule has 0 saturated carbocycles. The molecule has 0 radical (unpaired) electrons. The van der Waals surface area contributed by atoms with Crippen LogP contribution in [-0.2, 0) is 0 Å². The van der Waals surface area contributed by atoms with E-state index in [-0.39, 0.29) is 0 Å². The Hall–Kier alpha value is -1.61. The molecule has 0 nitrogen and oxygen atoms in total. The highest BCUT2D eigenvalue weighted by atomic mass is 35.5. The quantitative estimate of drug-likeness (QED) is 0.412. The summed E-state index contributed by atoms with van der Waals surface area (Å²) in [6.45, 7) is 4.22. The fourth-order valence-corrected chi connectivity index (χ4v) is 4.49. The van der Waals surface area contributed by atoms with Crippen LogP contribution in [0.4, 0.5) is 0 Å². The number of rotatable bonds is 5. The molecule has 0 aliphatic carbocycles. The molecule has 0 unspecified atom stereocenters. The Labute approximate surface area is 163 Å². The van der Waals surface area contributed by atoms with E-state index in [1.807, 2.05) is 24.3 Å². The Morgan fingerprint density at radius 3 is 1.56 bits per heavy atom. The first kappa shape index (κ1) is 18.2. The van der Waals surface area contributed by atoms with Gasteiger partial charge in [0.05, 0.1) is 4.24 Å². The number of benzene rings is 3. The predicted octanol–water partition coefficient (Wildman–Crippen LogP) is 7.84. The Morgan fingerprint density at radius 1 is 0.680 bits per heavy atom. The van der Waals surface area contributed by atoms with E-state index in [1.54, 1.807) is 23.5 Å². The molecule has 0 bridgehead atoms. The van der Waals surface area contributed by atoms with Crippen LogP contribution < -0.4 is 0 Å². The summed E-state index contributed by atoms with van der Waals surface area (Å²) in [5.41, 5.74) is 3.70. The third kappa shape index (κ3) is 5.71. The molecule has 3 heteroatoms. The molecule has 0 aliphatic rings. The standard InChI is InChI=1S/C22H19ClS2/c1-16-3-11-20(12-4-16)24-22(15-18-7-9-19(23)10-8-18)25-21-13-5-17(2)6-14-21/h3-15H,1-2H3. The van der Waals surface area contributed by atoms with Crippen LogP contribution in [0.1, 0.15) is 16.7 Å². The zero-order valence-corrected chi connectivity index (χ0v) is 16.6. The van der Waals surface area contributed by atoms with Gasteiger partial charge in [-0.1, -0.05) is 82.6 Å². The summed E-state index contributed by atoms with van der Waals surface area (Å²) in [6.07, 6.45) is 2.21. The lowest BCUT2D eigenvalue weighted by Gasteiger charge is -2.09. The van der Waals surface area contributed by atoms with E-state index in [4.69, 9.17) is 11.6 Å². The van der Waals surface area contributed by atoms with Crippen molar-refractivity contribution in [2.45, 2.75) is 23.6 Å². The molecule has 0 amide bonds. The minimum absolute atomic E-state index is 0.760. The Balaban J connectivity index is 1.87. The van der Waals surface area contributed by atoms with Crippen LogP contribution in [0.2, 0.25) is 5.02 Å². The molecular weight excluding hydrogens is 364 g/mol. The second-order valence-electron chi connectivity index (χ2n) is 5.85. The van der Waals surface area contributed by atoms with Crippen LogP contribution in [0.3, 0.4) is 0 Å². The normalized spacial score (nSPS) is 10.5. The van der Waals surface area contributed by atoms with Crippen molar-refractivity contribution in [3.63, 3.8) is 0 Å². The highest BCUT2D eigenvalue weighted by molar-refractivity contribution is 8.22. The number of thioether (sulfide) groups is 2. The van der Waals surface area contributed by atoms with Crippen molar-refractivity contribution in [1.82, 2.24) is 0 Å². The van der Waals surface area contributed by atoms with Crippen molar-refractivity contribution in [3.05, 3.63) is 98.7 Å². The average molecular weight is 383 g/mol. The van der Waals surface area contributed by atoms with Gasteiger partial charge in [0.1, 0.15) is 0 Å². The SMILES string of the molecule is Cc1ccc(SC(=Cc2ccc(Cl)cc2)Sc2ccc(C)cc2)cc1. The predicted molar refractivity (Wildman–Crippen MR) is 114 cm³/mol. The van der Waals surface area contributed by atoms with E-state index in [0.29, 0.717) is 0 Å². The molecule has 0 saturated heterocycles. The highest BCUT2D eigenvalue weighted by Gasteiger charge is 2.05. The molecule has 0 heterocycles. The summed E-state index contributed by atoms with van der Waals surface area (Å²) in [7, 11) is 0. The maximum atomic E-state index is 6.01. The number of halogens is 1. The van der Waals surface area contributed by atoms with Crippen LogP contribution in [0, 0.1) is 13.8 Å². The van der Waals surface area contributed by atoms with Crippen molar-refractivity contribution in [3.8, 4) is 0 Å². The third-order valence-electron chi connectivity index (χ3n) is 3.63. The lowest BCUT2D eigenvalue weighted by atomic mass is 10.2. The van der Waals surface area contributed by atoms with Gasteiger partial charge in [-0.05, 0) is 61.9 Å². The summed E-state index contributed by atoms with van der Waals surface area (Å²) >= 11 is 9.58. The zero-order chi connectivity index (χ0) is 17.6. The molecule has 0 aromatic heterocycles. The van der Waals surface area contributed by atoms with Crippen molar-refractivity contribution in [1.29, 1.82) is 0 Å². The van der Waals surface area contributed by atoms with Crippen LogP contribution in [0.5, 0.6) is 0 Å². The Morgan fingerprint density at radius 2 is 1.12 bits per heavy atom. The summed E-state index contributed by atoms with van der Waals surface area (Å²) < 4.78 is 1.23. The van der Waals surface area contributed by atoms with Crippen LogP contribution in [0.25, 0.3) is 6.08 Å².